The Kier molecular flexibility index (Phi) is 5.07. The molecule has 0 aliphatic carbocycles. The Morgan fingerprint density at radius 2 is 2.29 bits per heavy atom. The topological polar surface area (TPSA) is 67.6 Å². The molecule has 1 heterocycles. The lowest BCUT2D eigenvalue weighted by Gasteiger charge is -2.18. The molecule has 1 fully saturated rings. The molecule has 0 radical (unpaired) electrons. The van der Waals surface area contributed by atoms with Crippen molar-refractivity contribution in [3.63, 3.8) is 0 Å². The summed E-state index contributed by atoms with van der Waals surface area (Å²) in [5.74, 6) is 1.95. The molecule has 1 atom stereocenters. The molecule has 1 saturated heterocycles. The van der Waals surface area contributed by atoms with Gasteiger partial charge in [0.2, 0.25) is 5.91 Å². The highest BCUT2D eigenvalue weighted by molar-refractivity contribution is 5.94. The van der Waals surface area contributed by atoms with Gasteiger partial charge in [0, 0.05) is 18.3 Å². The minimum Gasteiger partial charge on any atom is -0.494 e. The number of nitrogen functional groups attached to an aromatic ring is 1. The molecule has 5 nitrogen and oxygen atoms in total. The first-order valence-electron chi connectivity index (χ1n) is 7.45. The molecule has 1 unspecified atom stereocenters. The summed E-state index contributed by atoms with van der Waals surface area (Å²) in [5, 5.41) is 2.90. The second kappa shape index (κ2) is 6.80. The molecule has 3 N–H and O–H groups in total. The van der Waals surface area contributed by atoms with Crippen LogP contribution in [0.3, 0.4) is 0 Å². The van der Waals surface area contributed by atoms with Crippen molar-refractivity contribution in [2.75, 3.05) is 37.8 Å². The fourth-order valence-corrected chi connectivity index (χ4v) is 2.75. The normalized spacial score (nSPS) is 19.0. The van der Waals surface area contributed by atoms with Gasteiger partial charge < -0.3 is 15.8 Å². The van der Waals surface area contributed by atoms with Gasteiger partial charge in [-0.15, -0.1) is 0 Å². The molecule has 21 heavy (non-hydrogen) atoms. The first kappa shape index (κ1) is 15.6. The highest BCUT2D eigenvalue weighted by Crippen LogP contribution is 2.27. The molecule has 0 aromatic heterocycles. The van der Waals surface area contributed by atoms with Crippen LogP contribution >= 0.6 is 0 Å². The van der Waals surface area contributed by atoms with E-state index in [1.165, 1.54) is 6.42 Å². The van der Waals surface area contributed by atoms with E-state index in [9.17, 15) is 4.79 Å². The first-order chi connectivity index (χ1) is 9.99. The Morgan fingerprint density at radius 3 is 2.90 bits per heavy atom. The number of carbonyl (C=O) groups is 1. The van der Waals surface area contributed by atoms with Crippen LogP contribution in [0.25, 0.3) is 0 Å². The summed E-state index contributed by atoms with van der Waals surface area (Å²) < 4.78 is 5.24. The van der Waals surface area contributed by atoms with Crippen molar-refractivity contribution >= 4 is 17.3 Å². The van der Waals surface area contributed by atoms with E-state index in [0.717, 1.165) is 13.1 Å². The molecule has 0 saturated carbocycles. The molecule has 1 aliphatic heterocycles. The van der Waals surface area contributed by atoms with Gasteiger partial charge in [-0.05, 0) is 36.9 Å². The Labute approximate surface area is 126 Å². The van der Waals surface area contributed by atoms with Crippen LogP contribution in [0.5, 0.6) is 5.75 Å². The number of methoxy groups -OCH3 is 1. The highest BCUT2D eigenvalue weighted by atomic mass is 16.5. The van der Waals surface area contributed by atoms with Crippen LogP contribution in [0, 0.1) is 11.8 Å². The van der Waals surface area contributed by atoms with Gasteiger partial charge in [0.15, 0.2) is 0 Å². The lowest BCUT2D eigenvalue weighted by atomic mass is 9.95. The second-order valence-electron chi connectivity index (χ2n) is 6.04. The third kappa shape index (κ3) is 4.11. The van der Waals surface area contributed by atoms with Crippen molar-refractivity contribution in [2.45, 2.75) is 20.3 Å². The number of hydrogen-bond acceptors (Lipinski definition) is 4. The highest BCUT2D eigenvalue weighted by Gasteiger charge is 2.26. The van der Waals surface area contributed by atoms with Crippen molar-refractivity contribution in [1.29, 1.82) is 0 Å². The fraction of sp³-hybridized carbons (Fsp3) is 0.562. The molecule has 1 aromatic rings. The quantitative estimate of drug-likeness (QED) is 0.816. The van der Waals surface area contributed by atoms with E-state index < -0.39 is 0 Å². The number of hydrogen-bond donors (Lipinski definition) is 2. The summed E-state index contributed by atoms with van der Waals surface area (Å²) in [5.41, 5.74) is 6.99. The largest absolute Gasteiger partial charge is 0.494 e. The molecule has 0 spiro atoms. The predicted molar refractivity (Wildman–Crippen MR) is 85.4 cm³/mol. The summed E-state index contributed by atoms with van der Waals surface area (Å²) >= 11 is 0. The molecule has 116 valence electrons. The Morgan fingerprint density at radius 1 is 1.52 bits per heavy atom. The number of nitrogens with one attached hydrogen (secondary N) is 1. The molecule has 0 bridgehead atoms. The molecular weight excluding hydrogens is 266 g/mol. The number of anilines is 2. The lowest BCUT2D eigenvalue weighted by molar-refractivity contribution is -0.117. The average molecular weight is 291 g/mol. The zero-order chi connectivity index (χ0) is 15.4. The molecule has 1 aliphatic rings. The van der Waals surface area contributed by atoms with Gasteiger partial charge in [-0.1, -0.05) is 13.8 Å². The van der Waals surface area contributed by atoms with Gasteiger partial charge in [0.25, 0.3) is 0 Å². The number of rotatable bonds is 5. The van der Waals surface area contributed by atoms with Crippen LogP contribution in [0.1, 0.15) is 20.3 Å². The monoisotopic (exact) mass is 291 g/mol. The van der Waals surface area contributed by atoms with Gasteiger partial charge >= 0.3 is 0 Å². The standard InChI is InChI=1S/C16H25N3O2/c1-11(2)12-6-7-19(9-12)10-16(20)18-14-5-4-13(17)8-15(14)21-3/h4-5,8,11-12H,6-7,9-10,17H2,1-3H3,(H,18,20). The van der Waals surface area contributed by atoms with Crippen molar-refractivity contribution in [1.82, 2.24) is 4.90 Å². The van der Waals surface area contributed by atoms with Crippen molar-refractivity contribution < 1.29 is 9.53 Å². The Bertz CT molecular complexity index is 502. The van der Waals surface area contributed by atoms with E-state index in [1.807, 2.05) is 0 Å². The molecule has 1 aromatic carbocycles. The van der Waals surface area contributed by atoms with Crippen LogP contribution in [-0.2, 0) is 4.79 Å². The van der Waals surface area contributed by atoms with Gasteiger partial charge in [-0.3, -0.25) is 9.69 Å². The Hall–Kier alpha value is -1.75. The van der Waals surface area contributed by atoms with E-state index in [4.69, 9.17) is 10.5 Å². The van der Waals surface area contributed by atoms with Crippen LogP contribution in [0.4, 0.5) is 11.4 Å². The third-order valence-electron chi connectivity index (χ3n) is 4.12. The maximum absolute atomic E-state index is 12.2. The number of amides is 1. The average Bonchev–Trinajstić information content (AvgIpc) is 2.89. The van der Waals surface area contributed by atoms with E-state index in [-0.39, 0.29) is 5.91 Å². The number of ether oxygens (including phenoxy) is 1. The molecule has 5 heteroatoms. The summed E-state index contributed by atoms with van der Waals surface area (Å²) in [4.78, 5) is 14.4. The molecule has 1 amide bonds. The lowest BCUT2D eigenvalue weighted by Crippen LogP contribution is -2.32. The third-order valence-corrected chi connectivity index (χ3v) is 4.12. The second-order valence-corrected chi connectivity index (χ2v) is 6.04. The van der Waals surface area contributed by atoms with Crippen molar-refractivity contribution in [2.24, 2.45) is 11.8 Å². The van der Waals surface area contributed by atoms with E-state index in [1.54, 1.807) is 25.3 Å². The van der Waals surface area contributed by atoms with E-state index in [0.29, 0.717) is 35.5 Å². The van der Waals surface area contributed by atoms with Crippen LogP contribution in [0.15, 0.2) is 18.2 Å². The van der Waals surface area contributed by atoms with E-state index >= 15 is 0 Å². The number of nitrogens with two attached hydrogens (primary N) is 1. The van der Waals surface area contributed by atoms with E-state index in [2.05, 4.69) is 24.1 Å². The predicted octanol–water partition coefficient (Wildman–Crippen LogP) is 2.19. The van der Waals surface area contributed by atoms with Crippen LogP contribution in [0.2, 0.25) is 0 Å². The number of benzene rings is 1. The fourth-order valence-electron chi connectivity index (χ4n) is 2.75. The first-order valence-corrected chi connectivity index (χ1v) is 7.45. The SMILES string of the molecule is COc1cc(N)ccc1NC(=O)CN1CCC(C(C)C)C1. The molecular formula is C16H25N3O2. The number of carbonyl (C=O) groups excluding carboxylic acids is 1. The zero-order valence-electron chi connectivity index (χ0n) is 13.1. The maximum atomic E-state index is 12.2. The van der Waals surface area contributed by atoms with Gasteiger partial charge in [-0.2, -0.15) is 0 Å². The Balaban J connectivity index is 1.91. The molecule has 2 rings (SSSR count). The zero-order valence-corrected chi connectivity index (χ0v) is 13.1. The maximum Gasteiger partial charge on any atom is 0.238 e. The number of likely N-dealkylation sites (tertiary alicyclic amines) is 1. The summed E-state index contributed by atoms with van der Waals surface area (Å²) in [6.07, 6.45) is 1.18. The van der Waals surface area contributed by atoms with Gasteiger partial charge in [0.1, 0.15) is 5.75 Å². The van der Waals surface area contributed by atoms with Gasteiger partial charge in [-0.25, -0.2) is 0 Å². The van der Waals surface area contributed by atoms with Crippen LogP contribution in [-0.4, -0.2) is 37.6 Å². The summed E-state index contributed by atoms with van der Waals surface area (Å²) in [7, 11) is 1.57. The van der Waals surface area contributed by atoms with Crippen LogP contribution < -0.4 is 15.8 Å². The summed E-state index contributed by atoms with van der Waals surface area (Å²) in [6, 6.07) is 5.23. The number of nitrogens with zero attached hydrogens (tertiary/aromatic N) is 1. The smallest absolute Gasteiger partial charge is 0.238 e. The summed E-state index contributed by atoms with van der Waals surface area (Å²) in [6.45, 7) is 6.91. The van der Waals surface area contributed by atoms with Gasteiger partial charge in [0.05, 0.1) is 19.3 Å². The minimum atomic E-state index is -0.0116. The van der Waals surface area contributed by atoms with Crippen molar-refractivity contribution in [3.05, 3.63) is 18.2 Å². The minimum absolute atomic E-state index is 0.0116. The van der Waals surface area contributed by atoms with Crippen molar-refractivity contribution in [3.8, 4) is 5.75 Å².